The van der Waals surface area contributed by atoms with E-state index in [0.29, 0.717) is 12.0 Å². The van der Waals surface area contributed by atoms with Gasteiger partial charge in [-0.2, -0.15) is 0 Å². The topological polar surface area (TPSA) is 77.8 Å². The number of benzene rings is 2. The molecule has 2 rings (SSSR count). The summed E-state index contributed by atoms with van der Waals surface area (Å²) in [6.07, 6.45) is 5.29. The molecule has 0 atom stereocenters. The smallest absolute Gasteiger partial charge is 0.299 e. The number of carbonyl (C=O) groups is 1. The molecule has 0 aliphatic heterocycles. The van der Waals surface area contributed by atoms with Crippen molar-refractivity contribution in [1.29, 1.82) is 0 Å². The molecule has 0 unspecified atom stereocenters. The van der Waals surface area contributed by atoms with Crippen LogP contribution in [0.5, 0.6) is 0 Å². The zero-order valence-corrected chi connectivity index (χ0v) is 13.4. The predicted octanol–water partition coefficient (Wildman–Crippen LogP) is 2.70. The Bertz CT molecular complexity index is 735. The van der Waals surface area contributed by atoms with Crippen molar-refractivity contribution in [2.45, 2.75) is 19.3 Å². The second-order valence-corrected chi connectivity index (χ2v) is 5.53. The minimum Gasteiger partial charge on any atom is -0.340 e. The standard InChI is InChI=1S/C20H20O4/c1-15(20(22,23)24)7-8-16-9-11-17(12-10-16)13-14-19(21)18-5-3-2-4-6-18/h2-7,9-14,22-24H,8H2,1H3/b14-13+,15-7+. The molecule has 0 fully saturated rings. The van der Waals surface area contributed by atoms with Gasteiger partial charge in [-0.1, -0.05) is 66.7 Å². The van der Waals surface area contributed by atoms with Gasteiger partial charge in [0.15, 0.2) is 5.78 Å². The molecule has 0 saturated carbocycles. The Morgan fingerprint density at radius 2 is 1.62 bits per heavy atom. The summed E-state index contributed by atoms with van der Waals surface area (Å²) in [5.74, 6) is -2.83. The van der Waals surface area contributed by atoms with E-state index in [0.717, 1.165) is 11.1 Å². The second kappa shape index (κ2) is 7.84. The van der Waals surface area contributed by atoms with E-state index >= 15 is 0 Å². The summed E-state index contributed by atoms with van der Waals surface area (Å²) in [7, 11) is 0. The van der Waals surface area contributed by atoms with Crippen LogP contribution in [0.25, 0.3) is 6.08 Å². The van der Waals surface area contributed by atoms with Crippen molar-refractivity contribution in [2.75, 3.05) is 0 Å². The molecule has 24 heavy (non-hydrogen) atoms. The molecule has 0 bridgehead atoms. The van der Waals surface area contributed by atoms with Gasteiger partial charge in [0.2, 0.25) is 0 Å². The first kappa shape index (κ1) is 17.8. The Morgan fingerprint density at radius 1 is 1.00 bits per heavy atom. The lowest BCUT2D eigenvalue weighted by Gasteiger charge is -2.14. The van der Waals surface area contributed by atoms with Crippen LogP contribution in [0.1, 0.15) is 28.4 Å². The fourth-order valence-electron chi connectivity index (χ4n) is 2.04. The van der Waals surface area contributed by atoms with Crippen LogP contribution in [0.15, 0.2) is 72.3 Å². The first-order chi connectivity index (χ1) is 11.4. The van der Waals surface area contributed by atoms with E-state index in [-0.39, 0.29) is 11.4 Å². The van der Waals surface area contributed by atoms with E-state index < -0.39 is 5.97 Å². The maximum Gasteiger partial charge on any atom is 0.299 e. The predicted molar refractivity (Wildman–Crippen MR) is 93.1 cm³/mol. The van der Waals surface area contributed by atoms with Crippen molar-refractivity contribution in [3.8, 4) is 0 Å². The number of aliphatic hydroxyl groups is 3. The first-order valence-electron chi connectivity index (χ1n) is 7.57. The van der Waals surface area contributed by atoms with Gasteiger partial charge in [0.1, 0.15) is 0 Å². The van der Waals surface area contributed by atoms with Gasteiger partial charge in [-0.3, -0.25) is 4.79 Å². The van der Waals surface area contributed by atoms with Crippen LogP contribution in [0.3, 0.4) is 0 Å². The molecule has 0 amide bonds. The quantitative estimate of drug-likeness (QED) is 0.330. The van der Waals surface area contributed by atoms with Gasteiger partial charge in [0.05, 0.1) is 0 Å². The van der Waals surface area contributed by atoms with Crippen molar-refractivity contribution >= 4 is 11.9 Å². The summed E-state index contributed by atoms with van der Waals surface area (Å²) in [5, 5.41) is 27.1. The molecular weight excluding hydrogens is 304 g/mol. The van der Waals surface area contributed by atoms with Gasteiger partial charge in [0.25, 0.3) is 5.97 Å². The molecule has 0 heterocycles. The summed E-state index contributed by atoms with van der Waals surface area (Å²) in [6.45, 7) is 1.44. The van der Waals surface area contributed by atoms with Gasteiger partial charge >= 0.3 is 0 Å². The van der Waals surface area contributed by atoms with Crippen LogP contribution in [0.4, 0.5) is 0 Å². The van der Waals surface area contributed by atoms with Crippen molar-refractivity contribution < 1.29 is 20.1 Å². The van der Waals surface area contributed by atoms with Crippen molar-refractivity contribution in [3.05, 3.63) is 89.0 Å². The van der Waals surface area contributed by atoms with Crippen LogP contribution in [-0.4, -0.2) is 27.1 Å². The van der Waals surface area contributed by atoms with E-state index in [4.69, 9.17) is 15.3 Å². The van der Waals surface area contributed by atoms with E-state index in [1.165, 1.54) is 13.0 Å². The van der Waals surface area contributed by atoms with Gasteiger partial charge in [-0.25, -0.2) is 0 Å². The highest BCUT2D eigenvalue weighted by Gasteiger charge is 2.19. The summed E-state index contributed by atoms with van der Waals surface area (Å²) in [6, 6.07) is 16.6. The second-order valence-electron chi connectivity index (χ2n) is 5.53. The van der Waals surface area contributed by atoms with Crippen LogP contribution in [-0.2, 0) is 6.42 Å². The molecule has 0 aliphatic rings. The van der Waals surface area contributed by atoms with Crippen LogP contribution >= 0.6 is 0 Å². The zero-order chi connectivity index (χ0) is 17.6. The van der Waals surface area contributed by atoms with E-state index in [1.54, 1.807) is 24.3 Å². The van der Waals surface area contributed by atoms with Crippen LogP contribution in [0, 0.1) is 0 Å². The molecule has 124 valence electrons. The van der Waals surface area contributed by atoms with Gasteiger partial charge in [-0.05, 0) is 30.5 Å². The Labute approximate surface area is 141 Å². The Hall–Kier alpha value is -2.53. The highest BCUT2D eigenvalue weighted by Crippen LogP contribution is 2.13. The van der Waals surface area contributed by atoms with Gasteiger partial charge in [0, 0.05) is 11.1 Å². The fourth-order valence-corrected chi connectivity index (χ4v) is 2.04. The Balaban J connectivity index is 2.00. The lowest BCUT2D eigenvalue weighted by Crippen LogP contribution is -2.28. The molecule has 0 spiro atoms. The number of carbonyl (C=O) groups excluding carboxylic acids is 1. The summed E-state index contributed by atoms with van der Waals surface area (Å²) < 4.78 is 0. The molecule has 4 heteroatoms. The number of allylic oxidation sites excluding steroid dienone is 2. The van der Waals surface area contributed by atoms with Gasteiger partial charge < -0.3 is 15.3 Å². The number of ketones is 1. The SMILES string of the molecule is C/C(=C\Cc1ccc(/C=C/C(=O)c2ccccc2)cc1)C(O)(O)O. The van der Waals surface area contributed by atoms with E-state index in [9.17, 15) is 4.79 Å². The lowest BCUT2D eigenvalue weighted by molar-refractivity contribution is -0.281. The fraction of sp³-hybridized carbons (Fsp3) is 0.150. The third-order valence-corrected chi connectivity index (χ3v) is 3.64. The third-order valence-electron chi connectivity index (χ3n) is 3.64. The van der Waals surface area contributed by atoms with E-state index in [1.807, 2.05) is 42.5 Å². The number of rotatable bonds is 6. The molecular formula is C20H20O4. The molecule has 2 aromatic carbocycles. The normalized spacial score (nSPS) is 12.6. The highest BCUT2D eigenvalue weighted by atomic mass is 16.7. The summed E-state index contributed by atoms with van der Waals surface area (Å²) >= 11 is 0. The molecule has 0 saturated heterocycles. The minimum atomic E-state index is -2.78. The Kier molecular flexibility index (Phi) is 5.82. The monoisotopic (exact) mass is 324 g/mol. The molecule has 4 nitrogen and oxygen atoms in total. The molecule has 0 aliphatic carbocycles. The summed E-state index contributed by atoms with van der Waals surface area (Å²) in [5.41, 5.74) is 2.56. The van der Waals surface area contributed by atoms with Crippen molar-refractivity contribution in [2.24, 2.45) is 0 Å². The average molecular weight is 324 g/mol. The van der Waals surface area contributed by atoms with Crippen molar-refractivity contribution in [1.82, 2.24) is 0 Å². The van der Waals surface area contributed by atoms with Crippen LogP contribution < -0.4 is 0 Å². The van der Waals surface area contributed by atoms with Crippen molar-refractivity contribution in [3.63, 3.8) is 0 Å². The number of hydrogen-bond donors (Lipinski definition) is 3. The largest absolute Gasteiger partial charge is 0.340 e. The lowest BCUT2D eigenvalue weighted by atomic mass is 10.1. The molecule has 2 aromatic rings. The minimum absolute atomic E-state index is 0.0524. The third kappa shape index (κ3) is 5.28. The molecule has 3 N–H and O–H groups in total. The molecule has 0 aromatic heterocycles. The van der Waals surface area contributed by atoms with E-state index in [2.05, 4.69) is 0 Å². The highest BCUT2D eigenvalue weighted by molar-refractivity contribution is 6.06. The maximum atomic E-state index is 12.0. The average Bonchev–Trinajstić information content (AvgIpc) is 2.58. The maximum absolute atomic E-state index is 12.0. The number of hydrogen-bond acceptors (Lipinski definition) is 4. The van der Waals surface area contributed by atoms with Gasteiger partial charge in [-0.15, -0.1) is 0 Å². The Morgan fingerprint density at radius 3 is 2.21 bits per heavy atom. The molecule has 0 radical (unpaired) electrons. The first-order valence-corrected chi connectivity index (χ1v) is 7.57. The zero-order valence-electron chi connectivity index (χ0n) is 13.4. The van der Waals surface area contributed by atoms with Crippen LogP contribution in [0.2, 0.25) is 0 Å². The summed E-state index contributed by atoms with van der Waals surface area (Å²) in [4.78, 5) is 12.0.